The van der Waals surface area contributed by atoms with Crippen LogP contribution in [0.2, 0.25) is 26.2 Å². The second-order valence-electron chi connectivity index (χ2n) is 7.08. The first-order valence-corrected chi connectivity index (χ1v) is 16.2. The fourth-order valence-electron chi connectivity index (χ4n) is 2.39. The van der Waals surface area contributed by atoms with Crippen LogP contribution in [-0.2, 0) is 26.4 Å². The van der Waals surface area contributed by atoms with E-state index in [2.05, 4.69) is 89.4 Å². The topological polar surface area (TPSA) is 39.8 Å². The summed E-state index contributed by atoms with van der Waals surface area (Å²) in [6.45, 7) is 30.4. The molecule has 0 amide bonds. The third-order valence-corrected chi connectivity index (χ3v) is 24.2. The van der Waals surface area contributed by atoms with Crippen LogP contribution in [0.5, 0.6) is 0 Å². The Morgan fingerprint density at radius 2 is 0.818 bits per heavy atom. The van der Waals surface area contributed by atoms with Gasteiger partial charge in [0.2, 0.25) is 0 Å². The molecule has 1 aliphatic carbocycles. The zero-order chi connectivity index (χ0) is 18.0. The van der Waals surface area contributed by atoms with Gasteiger partial charge in [0.25, 0.3) is 0 Å². The van der Waals surface area contributed by atoms with Crippen LogP contribution in [0.1, 0.15) is 34.6 Å². The van der Waals surface area contributed by atoms with Crippen molar-refractivity contribution >= 4 is 29.8 Å². The normalized spacial score (nSPS) is 29.5. The first-order valence-electron chi connectivity index (χ1n) is 7.40. The van der Waals surface area contributed by atoms with Gasteiger partial charge in [-0.15, -0.1) is 15.3 Å². The van der Waals surface area contributed by atoms with E-state index < -0.39 is 7.59 Å². The summed E-state index contributed by atoms with van der Waals surface area (Å²) in [4.78, 5) is 0. The first kappa shape index (κ1) is 30.8. The van der Waals surface area contributed by atoms with Crippen LogP contribution in [0.4, 0.5) is 0 Å². The van der Waals surface area contributed by atoms with Gasteiger partial charge in [0, 0.05) is 24.7 Å². The molecule has 0 atom stereocenters. The van der Waals surface area contributed by atoms with Gasteiger partial charge >= 0.3 is 22.6 Å². The van der Waals surface area contributed by atoms with Gasteiger partial charge < -0.3 is 0 Å². The summed E-state index contributed by atoms with van der Waals surface area (Å²) in [5.41, 5.74) is 0. The third kappa shape index (κ3) is 11.4. The van der Waals surface area contributed by atoms with Crippen molar-refractivity contribution < 1.29 is 26.4 Å². The van der Waals surface area contributed by atoms with Crippen LogP contribution >= 0.6 is 15.3 Å². The van der Waals surface area contributed by atoms with Crippen LogP contribution in [-0.4, -0.2) is 14.5 Å². The minimum absolute atomic E-state index is 0. The zero-order valence-electron chi connectivity index (χ0n) is 15.4. The molecule has 0 aromatic heterocycles. The van der Waals surface area contributed by atoms with E-state index in [4.69, 9.17) is 9.30 Å². The quantitative estimate of drug-likeness (QED) is 0.219. The fraction of sp³-hybridized carbons (Fsp3) is 0.875. The number of hydrogen-bond donors (Lipinski definition) is 0. The average molecular weight is 448 g/mol. The van der Waals surface area contributed by atoms with Crippen molar-refractivity contribution in [1.82, 2.24) is 0 Å². The van der Waals surface area contributed by atoms with Crippen molar-refractivity contribution in [2.24, 2.45) is 29.6 Å². The number of hydrogen-bond acceptors (Lipinski definition) is 0. The van der Waals surface area contributed by atoms with Crippen LogP contribution in [0.3, 0.4) is 0 Å². The van der Waals surface area contributed by atoms with Crippen molar-refractivity contribution in [1.29, 1.82) is 0 Å². The molecular weight excluding hydrogens is 416 g/mol. The molecule has 0 unspecified atom stereocenters. The van der Waals surface area contributed by atoms with Crippen LogP contribution in [0, 0.1) is 42.9 Å². The molecule has 0 aromatic rings. The van der Waals surface area contributed by atoms with Crippen molar-refractivity contribution in [2.45, 2.75) is 60.8 Å². The van der Waals surface area contributed by atoms with Gasteiger partial charge in [0.05, 0.1) is 0 Å². The Morgan fingerprint density at radius 3 is 0.864 bits per heavy atom. The molecule has 0 aromatic carbocycles. The second-order valence-corrected chi connectivity index (χ2v) is 25.2. The molecule has 131 valence electrons. The minimum Gasteiger partial charge on any atom is 0 e. The van der Waals surface area contributed by atoms with Crippen molar-refractivity contribution in [3.63, 3.8) is 0 Å². The number of halogens is 1. The second kappa shape index (κ2) is 15.4. The summed E-state index contributed by atoms with van der Waals surface area (Å²) in [5.74, 6) is 4.68. The molecule has 0 heterocycles. The van der Waals surface area contributed by atoms with E-state index in [0.717, 1.165) is 29.6 Å². The van der Waals surface area contributed by atoms with Crippen molar-refractivity contribution in [2.75, 3.05) is 0 Å². The van der Waals surface area contributed by atoms with Crippen molar-refractivity contribution in [3.8, 4) is 0 Å². The van der Waals surface area contributed by atoms with Gasteiger partial charge in [-0.3, -0.25) is 0 Å². The van der Waals surface area contributed by atoms with E-state index in [-0.39, 0.29) is 24.0 Å². The SMILES string of the molecule is CC1C(C)C(C)C(C)C1C.C[Si](Br)[Si](C)(C)C.[C-]#[O+].[C-]#[O+].[Fe]. The molecule has 1 saturated carbocycles. The molecular formula is C16H32BrFeO2Si2. The molecule has 2 nitrogen and oxygen atoms in total. The van der Waals surface area contributed by atoms with Crippen LogP contribution in [0.15, 0.2) is 0 Å². The molecule has 0 saturated heterocycles. The Hall–Kier alpha value is 0.913. The maximum Gasteiger partial charge on any atom is 0 e. The summed E-state index contributed by atoms with van der Waals surface area (Å²) in [7, 11) is -0.716. The molecule has 1 fully saturated rings. The average Bonchev–Trinajstić information content (AvgIpc) is 2.61. The fourth-order valence-corrected chi connectivity index (χ4v) is 2.39. The third-order valence-electron chi connectivity index (χ3n) is 5.18. The van der Waals surface area contributed by atoms with E-state index >= 15 is 0 Å². The summed E-state index contributed by atoms with van der Waals surface area (Å²) in [6.07, 6.45) is 0. The Balaban J connectivity index is -0.000000120. The van der Waals surface area contributed by atoms with Gasteiger partial charge in [-0.05, 0) is 29.6 Å². The molecule has 1 rings (SSSR count). The van der Waals surface area contributed by atoms with E-state index in [1.54, 1.807) is 0 Å². The number of rotatable bonds is 1. The molecule has 1 aliphatic rings. The molecule has 6 heteroatoms. The van der Waals surface area contributed by atoms with Gasteiger partial charge in [-0.2, -0.15) is 0 Å². The molecule has 0 spiro atoms. The van der Waals surface area contributed by atoms with Crippen LogP contribution in [0.25, 0.3) is 0 Å². The molecule has 1 radical (unpaired) electrons. The Morgan fingerprint density at radius 1 is 0.727 bits per heavy atom. The predicted octanol–water partition coefficient (Wildman–Crippen LogP) is 5.52. The molecule has 0 aliphatic heterocycles. The Bertz CT molecular complexity index is 253. The summed E-state index contributed by atoms with van der Waals surface area (Å²) in [5, 5.41) is 0. The summed E-state index contributed by atoms with van der Waals surface area (Å²) < 4.78 is 15.0. The molecule has 22 heavy (non-hydrogen) atoms. The molecule has 0 bridgehead atoms. The smallest absolute Gasteiger partial charge is 0 e. The van der Waals surface area contributed by atoms with Gasteiger partial charge in [-0.25, -0.2) is 0 Å². The van der Waals surface area contributed by atoms with Gasteiger partial charge in [0.1, 0.15) is 6.93 Å². The van der Waals surface area contributed by atoms with E-state index in [1.807, 2.05) is 0 Å². The summed E-state index contributed by atoms with van der Waals surface area (Å²) >= 11 is 3.66. The van der Waals surface area contributed by atoms with Crippen LogP contribution < -0.4 is 0 Å². The maximum absolute atomic E-state index is 7.50. The zero-order valence-corrected chi connectivity index (χ0v) is 20.1. The van der Waals surface area contributed by atoms with Gasteiger partial charge in [-0.1, -0.05) is 60.8 Å². The standard InChI is InChI=1S/C10H20.C4H12BrSi2.2CO.Fe/c1-6-7(2)9(4)10(5)8(6)3;1-6(5)7(2,3)4;2*1-2;/h6-10H,1-5H3;1-4H3;;;. The van der Waals surface area contributed by atoms with E-state index in [9.17, 15) is 0 Å². The van der Waals surface area contributed by atoms with Gasteiger partial charge in [0.15, 0.2) is 0 Å². The monoisotopic (exact) mass is 447 g/mol. The minimum atomic E-state index is -0.716. The Labute approximate surface area is 159 Å². The predicted molar refractivity (Wildman–Crippen MR) is 97.6 cm³/mol. The summed E-state index contributed by atoms with van der Waals surface area (Å²) in [6, 6.07) is 0. The Kier molecular flexibility index (Phi) is 21.6. The maximum atomic E-state index is 7.50. The largest absolute Gasteiger partial charge is 0 e. The van der Waals surface area contributed by atoms with E-state index in [0.29, 0.717) is 0 Å². The first-order chi connectivity index (χ1) is 9.50. The molecule has 0 N–H and O–H groups in total. The van der Waals surface area contributed by atoms with E-state index in [1.165, 1.54) is 0 Å². The van der Waals surface area contributed by atoms with Crippen molar-refractivity contribution in [3.05, 3.63) is 13.3 Å².